The van der Waals surface area contributed by atoms with Crippen LogP contribution in [-0.2, 0) is 15.5 Å². The first-order chi connectivity index (χ1) is 7.28. The SMILES string of the molecule is BrC1(c2ccc3c(c2)CCCS3)COC1. The monoisotopic (exact) mass is 284 g/mol. The van der Waals surface area contributed by atoms with Gasteiger partial charge in [0.15, 0.2) is 0 Å². The zero-order valence-corrected chi connectivity index (χ0v) is 10.9. The van der Waals surface area contributed by atoms with Crippen molar-refractivity contribution < 1.29 is 4.74 Å². The molecule has 80 valence electrons. The summed E-state index contributed by atoms with van der Waals surface area (Å²) in [5, 5.41) is 0. The lowest BCUT2D eigenvalue weighted by Gasteiger charge is -2.37. The van der Waals surface area contributed by atoms with Crippen LogP contribution >= 0.6 is 27.7 Å². The van der Waals surface area contributed by atoms with Crippen LogP contribution in [0.5, 0.6) is 0 Å². The number of halogens is 1. The molecule has 1 aromatic rings. The van der Waals surface area contributed by atoms with E-state index in [1.165, 1.54) is 34.6 Å². The summed E-state index contributed by atoms with van der Waals surface area (Å²) in [7, 11) is 0. The topological polar surface area (TPSA) is 9.23 Å². The Labute approximate surface area is 103 Å². The van der Waals surface area contributed by atoms with Gasteiger partial charge in [0, 0.05) is 4.90 Å². The fraction of sp³-hybridized carbons (Fsp3) is 0.500. The average Bonchev–Trinajstić information content (AvgIpc) is 2.25. The molecule has 0 aromatic heterocycles. The van der Waals surface area contributed by atoms with Crippen LogP contribution in [0.2, 0.25) is 0 Å². The van der Waals surface area contributed by atoms with E-state index in [-0.39, 0.29) is 4.32 Å². The van der Waals surface area contributed by atoms with Crippen LogP contribution in [0.1, 0.15) is 17.5 Å². The van der Waals surface area contributed by atoms with Crippen molar-refractivity contribution >= 4 is 27.7 Å². The fourth-order valence-electron chi connectivity index (χ4n) is 2.09. The molecule has 3 rings (SSSR count). The number of fused-ring (bicyclic) bond motifs is 1. The molecule has 0 aliphatic carbocycles. The first kappa shape index (κ1) is 10.2. The summed E-state index contributed by atoms with van der Waals surface area (Å²) < 4.78 is 5.39. The van der Waals surface area contributed by atoms with Crippen LogP contribution in [0.4, 0.5) is 0 Å². The molecule has 0 bridgehead atoms. The Morgan fingerprint density at radius 2 is 2.20 bits per heavy atom. The zero-order chi connectivity index (χ0) is 10.3. The zero-order valence-electron chi connectivity index (χ0n) is 8.46. The van der Waals surface area contributed by atoms with Gasteiger partial charge in [0.1, 0.15) is 0 Å². The summed E-state index contributed by atoms with van der Waals surface area (Å²) in [6.45, 7) is 1.61. The van der Waals surface area contributed by atoms with E-state index in [1.54, 1.807) is 0 Å². The van der Waals surface area contributed by atoms with E-state index in [0.717, 1.165) is 13.2 Å². The van der Waals surface area contributed by atoms with Gasteiger partial charge in [-0.2, -0.15) is 0 Å². The molecule has 3 heteroatoms. The van der Waals surface area contributed by atoms with Crippen molar-refractivity contribution in [2.45, 2.75) is 22.1 Å². The van der Waals surface area contributed by atoms with Gasteiger partial charge in [-0.05, 0) is 35.8 Å². The first-order valence-corrected chi connectivity index (χ1v) is 7.09. The summed E-state index contributed by atoms with van der Waals surface area (Å²) in [6.07, 6.45) is 2.55. The molecule has 1 aromatic carbocycles. The highest BCUT2D eigenvalue weighted by Crippen LogP contribution is 2.41. The minimum absolute atomic E-state index is 0.101. The summed E-state index contributed by atoms with van der Waals surface area (Å²) >= 11 is 5.76. The fourth-order valence-corrected chi connectivity index (χ4v) is 3.68. The molecule has 1 saturated heterocycles. The summed E-state index contributed by atoms with van der Waals surface area (Å²) in [6, 6.07) is 6.88. The average molecular weight is 285 g/mol. The molecule has 0 radical (unpaired) electrons. The van der Waals surface area contributed by atoms with Gasteiger partial charge in [-0.25, -0.2) is 0 Å². The van der Waals surface area contributed by atoms with Crippen LogP contribution < -0.4 is 0 Å². The highest BCUT2D eigenvalue weighted by Gasteiger charge is 2.37. The maximum absolute atomic E-state index is 5.28. The van der Waals surface area contributed by atoms with Crippen molar-refractivity contribution in [2.24, 2.45) is 0 Å². The second kappa shape index (κ2) is 3.79. The van der Waals surface area contributed by atoms with Crippen molar-refractivity contribution in [3.8, 4) is 0 Å². The molecule has 2 heterocycles. The Morgan fingerprint density at radius 1 is 1.33 bits per heavy atom. The quantitative estimate of drug-likeness (QED) is 0.732. The van der Waals surface area contributed by atoms with Gasteiger partial charge in [0.2, 0.25) is 0 Å². The molecular formula is C12H13BrOS. The van der Waals surface area contributed by atoms with E-state index in [1.807, 2.05) is 11.8 Å². The van der Waals surface area contributed by atoms with E-state index in [4.69, 9.17) is 4.74 Å². The number of hydrogen-bond acceptors (Lipinski definition) is 2. The third kappa shape index (κ3) is 1.75. The van der Waals surface area contributed by atoms with Crippen molar-refractivity contribution in [1.82, 2.24) is 0 Å². The van der Waals surface area contributed by atoms with Gasteiger partial charge in [-0.1, -0.05) is 28.1 Å². The Kier molecular flexibility index (Phi) is 2.57. The Morgan fingerprint density at radius 3 is 2.93 bits per heavy atom. The number of thioether (sulfide) groups is 1. The van der Waals surface area contributed by atoms with Crippen LogP contribution in [0.25, 0.3) is 0 Å². The summed E-state index contributed by atoms with van der Waals surface area (Å²) in [5.74, 6) is 1.27. The molecule has 2 aliphatic rings. The Balaban J connectivity index is 1.97. The van der Waals surface area contributed by atoms with Crippen molar-refractivity contribution in [2.75, 3.05) is 19.0 Å². The number of alkyl halides is 1. The number of ether oxygens (including phenoxy) is 1. The molecule has 1 fully saturated rings. The maximum atomic E-state index is 5.28. The summed E-state index contributed by atoms with van der Waals surface area (Å²) in [4.78, 5) is 1.47. The lowest BCUT2D eigenvalue weighted by molar-refractivity contribution is -0.00703. The van der Waals surface area contributed by atoms with Crippen LogP contribution in [0.15, 0.2) is 23.1 Å². The normalized spacial score (nSPS) is 23.0. The Bertz CT molecular complexity index is 387. The van der Waals surface area contributed by atoms with E-state index in [9.17, 15) is 0 Å². The van der Waals surface area contributed by atoms with Gasteiger partial charge in [0.05, 0.1) is 17.5 Å². The van der Waals surface area contributed by atoms with E-state index in [2.05, 4.69) is 34.1 Å². The lowest BCUT2D eigenvalue weighted by atomic mass is 9.94. The van der Waals surface area contributed by atoms with E-state index >= 15 is 0 Å². The van der Waals surface area contributed by atoms with Crippen molar-refractivity contribution in [3.63, 3.8) is 0 Å². The van der Waals surface area contributed by atoms with Crippen LogP contribution in [0.3, 0.4) is 0 Å². The van der Waals surface area contributed by atoms with Gasteiger partial charge >= 0.3 is 0 Å². The molecule has 1 nitrogen and oxygen atoms in total. The largest absolute Gasteiger partial charge is 0.378 e. The Hall–Kier alpha value is 0.01000. The molecule has 2 aliphatic heterocycles. The minimum Gasteiger partial charge on any atom is -0.378 e. The molecule has 15 heavy (non-hydrogen) atoms. The molecule has 0 amide bonds. The predicted octanol–water partition coefficient (Wildman–Crippen LogP) is 3.35. The molecular weight excluding hydrogens is 272 g/mol. The standard InChI is InChI=1S/C12H13BrOS/c13-12(7-14-8-12)10-3-4-11-9(6-10)2-1-5-15-11/h3-4,6H,1-2,5,7-8H2. The van der Waals surface area contributed by atoms with Crippen LogP contribution in [0, 0.1) is 0 Å². The second-order valence-corrected chi connectivity index (χ2v) is 6.89. The molecule has 0 saturated carbocycles. The van der Waals surface area contributed by atoms with Gasteiger partial charge in [-0.3, -0.25) is 0 Å². The number of rotatable bonds is 1. The highest BCUT2D eigenvalue weighted by molar-refractivity contribution is 9.09. The van der Waals surface area contributed by atoms with Crippen LogP contribution in [-0.4, -0.2) is 19.0 Å². The minimum atomic E-state index is 0.101. The van der Waals surface area contributed by atoms with E-state index in [0.29, 0.717) is 0 Å². The highest BCUT2D eigenvalue weighted by atomic mass is 79.9. The molecule has 0 N–H and O–H groups in total. The number of aryl methyl sites for hydroxylation is 1. The maximum Gasteiger partial charge on any atom is 0.0971 e. The smallest absolute Gasteiger partial charge is 0.0971 e. The van der Waals surface area contributed by atoms with E-state index < -0.39 is 0 Å². The van der Waals surface area contributed by atoms with Gasteiger partial charge in [0.25, 0.3) is 0 Å². The summed E-state index contributed by atoms with van der Waals surface area (Å²) in [5.41, 5.74) is 2.91. The molecule has 0 spiro atoms. The van der Waals surface area contributed by atoms with Gasteiger partial charge < -0.3 is 4.74 Å². The van der Waals surface area contributed by atoms with Crippen molar-refractivity contribution in [1.29, 1.82) is 0 Å². The third-order valence-corrected chi connectivity index (χ3v) is 5.21. The lowest BCUT2D eigenvalue weighted by Crippen LogP contribution is -2.41. The molecule has 0 atom stereocenters. The van der Waals surface area contributed by atoms with Crippen molar-refractivity contribution in [3.05, 3.63) is 29.3 Å². The number of hydrogen-bond donors (Lipinski definition) is 0. The number of benzene rings is 1. The van der Waals surface area contributed by atoms with Gasteiger partial charge in [-0.15, -0.1) is 11.8 Å². The molecule has 0 unspecified atom stereocenters. The predicted molar refractivity (Wildman–Crippen MR) is 66.9 cm³/mol. The third-order valence-electron chi connectivity index (χ3n) is 3.09. The second-order valence-electron chi connectivity index (χ2n) is 4.23. The first-order valence-electron chi connectivity index (χ1n) is 5.31.